The lowest BCUT2D eigenvalue weighted by Crippen LogP contribution is -2.58. The second-order valence-corrected chi connectivity index (χ2v) is 6.92. The first-order chi connectivity index (χ1) is 9.45. The Bertz CT molecular complexity index is 485. The smallest absolute Gasteiger partial charge is 0.325 e. The summed E-state index contributed by atoms with van der Waals surface area (Å²) in [4.78, 5) is 13.0. The van der Waals surface area contributed by atoms with Gasteiger partial charge in [0, 0.05) is 16.7 Å². The summed E-state index contributed by atoms with van der Waals surface area (Å²) in [5.41, 5.74) is 0.415. The van der Waals surface area contributed by atoms with Crippen molar-refractivity contribution in [1.82, 2.24) is 5.32 Å². The van der Waals surface area contributed by atoms with E-state index in [9.17, 15) is 9.90 Å². The number of hydrogen-bond acceptors (Lipinski definition) is 3. The molecule has 1 unspecified atom stereocenters. The minimum Gasteiger partial charge on any atom is -0.480 e. The number of hydrogen-bond donors (Lipinski definition) is 2. The monoisotopic (exact) mass is 293 g/mol. The maximum Gasteiger partial charge on any atom is 0.325 e. The van der Waals surface area contributed by atoms with E-state index < -0.39 is 11.5 Å². The molecule has 1 atom stereocenters. The van der Waals surface area contributed by atoms with E-state index >= 15 is 0 Å². The highest BCUT2D eigenvalue weighted by molar-refractivity contribution is 7.99. The van der Waals surface area contributed by atoms with E-state index in [0.717, 1.165) is 12.8 Å². The Kier molecular flexibility index (Phi) is 4.76. The Labute approximate surface area is 125 Å². The first-order valence-electron chi connectivity index (χ1n) is 7.15. The molecule has 0 saturated heterocycles. The van der Waals surface area contributed by atoms with Crippen LogP contribution in [0.25, 0.3) is 0 Å². The fourth-order valence-corrected chi connectivity index (χ4v) is 3.87. The number of rotatable bonds is 7. The van der Waals surface area contributed by atoms with Crippen molar-refractivity contribution in [2.45, 2.75) is 50.1 Å². The van der Waals surface area contributed by atoms with Crippen molar-refractivity contribution in [2.75, 3.05) is 5.75 Å². The number of carbonyl (C=O) groups is 1. The van der Waals surface area contributed by atoms with Crippen molar-refractivity contribution in [3.8, 4) is 0 Å². The zero-order chi connectivity index (χ0) is 14.8. The molecule has 1 aliphatic rings. The minimum atomic E-state index is -0.791. The molecule has 1 fully saturated rings. The standard InChI is InChI=1S/C16H23NO2S/c1-11(2)17-16(15(18)19,13-8-9-13)10-20-14-7-5-4-6-12(14)3/h4-7,11,13,17H,8-10H2,1-3H3,(H,18,19). The van der Waals surface area contributed by atoms with Gasteiger partial charge in [-0.25, -0.2) is 0 Å². The van der Waals surface area contributed by atoms with Crippen molar-refractivity contribution >= 4 is 17.7 Å². The van der Waals surface area contributed by atoms with Crippen LogP contribution in [-0.4, -0.2) is 28.4 Å². The summed E-state index contributed by atoms with van der Waals surface area (Å²) in [6.45, 7) is 6.09. The predicted octanol–water partition coefficient (Wildman–Crippen LogP) is 3.32. The van der Waals surface area contributed by atoms with Crippen LogP contribution in [0.2, 0.25) is 0 Å². The number of carboxylic acids is 1. The van der Waals surface area contributed by atoms with Crippen LogP contribution in [0.3, 0.4) is 0 Å². The summed E-state index contributed by atoms with van der Waals surface area (Å²) in [7, 11) is 0. The fraction of sp³-hybridized carbons (Fsp3) is 0.562. The van der Waals surface area contributed by atoms with Crippen LogP contribution in [0.4, 0.5) is 0 Å². The van der Waals surface area contributed by atoms with Gasteiger partial charge in [-0.2, -0.15) is 0 Å². The summed E-state index contributed by atoms with van der Waals surface area (Å²) >= 11 is 1.65. The van der Waals surface area contributed by atoms with Gasteiger partial charge in [-0.05, 0) is 51.2 Å². The van der Waals surface area contributed by atoms with Gasteiger partial charge >= 0.3 is 5.97 Å². The molecule has 3 nitrogen and oxygen atoms in total. The van der Waals surface area contributed by atoms with Gasteiger partial charge in [-0.1, -0.05) is 18.2 Å². The Morgan fingerprint density at radius 1 is 1.45 bits per heavy atom. The number of nitrogens with one attached hydrogen (secondary N) is 1. The van der Waals surface area contributed by atoms with Crippen LogP contribution in [0.15, 0.2) is 29.2 Å². The van der Waals surface area contributed by atoms with E-state index in [4.69, 9.17) is 0 Å². The van der Waals surface area contributed by atoms with Gasteiger partial charge in [0.2, 0.25) is 0 Å². The summed E-state index contributed by atoms with van der Waals surface area (Å²) in [6.07, 6.45) is 2.03. The molecule has 0 amide bonds. The number of carboxylic acid groups (broad SMARTS) is 1. The van der Waals surface area contributed by atoms with Gasteiger partial charge in [0.05, 0.1) is 0 Å². The molecule has 0 bridgehead atoms. The highest BCUT2D eigenvalue weighted by Gasteiger charge is 2.51. The molecule has 0 aliphatic heterocycles. The quantitative estimate of drug-likeness (QED) is 0.757. The van der Waals surface area contributed by atoms with Crippen LogP contribution in [-0.2, 0) is 4.79 Å². The minimum absolute atomic E-state index is 0.171. The topological polar surface area (TPSA) is 49.3 Å². The SMILES string of the molecule is Cc1ccccc1SCC(NC(C)C)(C(=O)O)C1CC1. The molecule has 2 rings (SSSR count). The maximum absolute atomic E-state index is 11.9. The van der Waals surface area contributed by atoms with Gasteiger partial charge in [-0.3, -0.25) is 10.1 Å². The third-order valence-electron chi connectivity index (χ3n) is 3.75. The Morgan fingerprint density at radius 3 is 2.60 bits per heavy atom. The molecule has 0 radical (unpaired) electrons. The van der Waals surface area contributed by atoms with Crippen molar-refractivity contribution in [3.63, 3.8) is 0 Å². The van der Waals surface area contributed by atoms with Crippen LogP contribution >= 0.6 is 11.8 Å². The highest BCUT2D eigenvalue weighted by Crippen LogP contribution is 2.43. The van der Waals surface area contributed by atoms with Crippen LogP contribution in [0.1, 0.15) is 32.3 Å². The van der Waals surface area contributed by atoms with Gasteiger partial charge in [0.1, 0.15) is 5.54 Å². The number of benzene rings is 1. The molecule has 1 aromatic rings. The van der Waals surface area contributed by atoms with E-state index in [1.165, 1.54) is 10.5 Å². The van der Waals surface area contributed by atoms with E-state index in [1.807, 2.05) is 26.0 Å². The second kappa shape index (κ2) is 6.19. The van der Waals surface area contributed by atoms with Crippen LogP contribution in [0.5, 0.6) is 0 Å². The Balaban J connectivity index is 2.15. The molecule has 110 valence electrons. The molecule has 20 heavy (non-hydrogen) atoms. The average Bonchev–Trinajstić information content (AvgIpc) is 3.20. The van der Waals surface area contributed by atoms with Gasteiger partial charge < -0.3 is 5.11 Å². The first-order valence-corrected chi connectivity index (χ1v) is 8.14. The Morgan fingerprint density at radius 2 is 2.10 bits per heavy atom. The van der Waals surface area contributed by atoms with E-state index in [-0.39, 0.29) is 12.0 Å². The van der Waals surface area contributed by atoms with Crippen molar-refractivity contribution in [2.24, 2.45) is 5.92 Å². The van der Waals surface area contributed by atoms with Crippen molar-refractivity contribution in [1.29, 1.82) is 0 Å². The van der Waals surface area contributed by atoms with E-state index in [1.54, 1.807) is 11.8 Å². The summed E-state index contributed by atoms with van der Waals surface area (Å²) in [5.74, 6) is 0.129. The second-order valence-electron chi connectivity index (χ2n) is 5.90. The van der Waals surface area contributed by atoms with Gasteiger partial charge in [0.25, 0.3) is 0 Å². The predicted molar refractivity (Wildman–Crippen MR) is 83.3 cm³/mol. The molecule has 1 aliphatic carbocycles. The number of thioether (sulfide) groups is 1. The molecule has 4 heteroatoms. The number of aryl methyl sites for hydroxylation is 1. The maximum atomic E-state index is 11.9. The van der Waals surface area contributed by atoms with Gasteiger partial charge in [0.15, 0.2) is 0 Å². The summed E-state index contributed by atoms with van der Waals surface area (Å²) in [6, 6.07) is 8.32. The molecule has 1 saturated carbocycles. The van der Waals surface area contributed by atoms with Crippen molar-refractivity contribution in [3.05, 3.63) is 29.8 Å². The zero-order valence-electron chi connectivity index (χ0n) is 12.3. The van der Waals surface area contributed by atoms with E-state index in [2.05, 4.69) is 24.4 Å². The molecule has 0 spiro atoms. The molecule has 0 aromatic heterocycles. The number of aliphatic carboxylic acids is 1. The first kappa shape index (κ1) is 15.4. The molecular formula is C16H23NO2S. The zero-order valence-corrected chi connectivity index (χ0v) is 13.2. The van der Waals surface area contributed by atoms with Crippen LogP contribution in [0, 0.1) is 12.8 Å². The lowest BCUT2D eigenvalue weighted by Gasteiger charge is -2.32. The summed E-state index contributed by atoms with van der Waals surface area (Å²) < 4.78 is 0. The highest BCUT2D eigenvalue weighted by atomic mass is 32.2. The van der Waals surface area contributed by atoms with Crippen molar-refractivity contribution < 1.29 is 9.90 Å². The third-order valence-corrected chi connectivity index (χ3v) is 5.12. The normalized spacial score (nSPS) is 18.0. The molecule has 0 heterocycles. The lowest BCUT2D eigenvalue weighted by molar-refractivity contribution is -0.145. The van der Waals surface area contributed by atoms with Crippen LogP contribution < -0.4 is 5.32 Å². The average molecular weight is 293 g/mol. The largest absolute Gasteiger partial charge is 0.480 e. The lowest BCUT2D eigenvalue weighted by atomic mass is 9.94. The van der Waals surface area contributed by atoms with E-state index in [0.29, 0.717) is 5.75 Å². The third kappa shape index (κ3) is 3.36. The summed E-state index contributed by atoms with van der Waals surface area (Å²) in [5, 5.41) is 13.1. The molecule has 1 aromatic carbocycles. The Hall–Kier alpha value is -1.00. The molecular weight excluding hydrogens is 270 g/mol. The fourth-order valence-electron chi connectivity index (χ4n) is 2.58. The van der Waals surface area contributed by atoms with Gasteiger partial charge in [-0.15, -0.1) is 11.8 Å². The molecule has 2 N–H and O–H groups in total.